The smallest absolute Gasteiger partial charge is 0.522 e. The van der Waals surface area contributed by atoms with E-state index in [0.717, 1.165) is 11.2 Å². The Bertz CT molecular complexity index is 702. The van der Waals surface area contributed by atoms with Crippen LogP contribution < -0.4 is 20.5 Å². The summed E-state index contributed by atoms with van der Waals surface area (Å²) < 4.78 is 12.0. The summed E-state index contributed by atoms with van der Waals surface area (Å²) in [5.41, 5.74) is 7.35. The minimum atomic E-state index is -0.521. The molecule has 0 bridgehead atoms. The van der Waals surface area contributed by atoms with Crippen LogP contribution in [0.15, 0.2) is 84.9 Å². The summed E-state index contributed by atoms with van der Waals surface area (Å²) in [6, 6.07) is 26.7. The van der Waals surface area contributed by atoms with E-state index >= 15 is 0 Å². The average Bonchev–Trinajstić information content (AvgIpc) is 2.58. The molecule has 0 fully saturated rings. The van der Waals surface area contributed by atoms with Gasteiger partial charge in [-0.3, -0.25) is 0 Å². The molecule has 0 aliphatic heterocycles. The Labute approximate surface area is 130 Å². The lowest BCUT2D eigenvalue weighted by molar-refractivity contribution is 0.439. The first-order valence-corrected chi connectivity index (χ1v) is 7.10. The van der Waals surface area contributed by atoms with Crippen molar-refractivity contribution in [1.82, 2.24) is 0 Å². The average molecular weight is 289 g/mol. The highest BCUT2D eigenvalue weighted by Crippen LogP contribution is 2.16. The van der Waals surface area contributed by atoms with Crippen molar-refractivity contribution in [3.8, 4) is 11.5 Å². The minimum Gasteiger partial charge on any atom is -0.522 e. The molecule has 22 heavy (non-hydrogen) atoms. The number of para-hydroxylation sites is 1. The molecule has 108 valence electrons. The van der Waals surface area contributed by atoms with E-state index in [-0.39, 0.29) is 0 Å². The molecule has 0 saturated heterocycles. The zero-order valence-electron chi connectivity index (χ0n) is 12.1. The second-order valence-electron chi connectivity index (χ2n) is 4.86. The lowest BCUT2D eigenvalue weighted by Crippen LogP contribution is -2.42. The van der Waals surface area contributed by atoms with Crippen molar-refractivity contribution in [1.29, 1.82) is 0 Å². The second-order valence-corrected chi connectivity index (χ2v) is 4.86. The Balaban J connectivity index is 1.84. The van der Waals surface area contributed by atoms with E-state index in [1.165, 1.54) is 0 Å². The van der Waals surface area contributed by atoms with E-state index in [4.69, 9.17) is 15.0 Å². The van der Waals surface area contributed by atoms with Crippen molar-refractivity contribution in [3.63, 3.8) is 0 Å². The van der Waals surface area contributed by atoms with Gasteiger partial charge in [-0.1, -0.05) is 48.5 Å². The third-order valence-corrected chi connectivity index (χ3v) is 3.18. The van der Waals surface area contributed by atoms with Crippen molar-refractivity contribution in [3.05, 3.63) is 84.9 Å². The molecular weight excluding hydrogens is 273 g/mol. The Kier molecular flexibility index (Phi) is 4.30. The molecule has 0 spiro atoms. The van der Waals surface area contributed by atoms with Crippen molar-refractivity contribution in [2.24, 2.45) is 0 Å². The predicted octanol–water partition coefficient (Wildman–Crippen LogP) is 3.12. The normalized spacial score (nSPS) is 10.0. The molecule has 0 heterocycles. The molecule has 0 unspecified atom stereocenters. The van der Waals surface area contributed by atoms with E-state index in [0.29, 0.717) is 11.4 Å². The van der Waals surface area contributed by atoms with Gasteiger partial charge in [-0.25, -0.2) is 0 Å². The summed E-state index contributed by atoms with van der Waals surface area (Å²) >= 11 is 0. The Morgan fingerprint density at radius 1 is 0.591 bits per heavy atom. The van der Waals surface area contributed by atoms with Gasteiger partial charge in [0.15, 0.2) is 0 Å². The largest absolute Gasteiger partial charge is 0.632 e. The molecule has 0 saturated carbocycles. The van der Waals surface area contributed by atoms with Crippen LogP contribution in [-0.4, -0.2) is 7.12 Å². The number of hydrogen-bond donors (Lipinski definition) is 1. The third kappa shape index (κ3) is 3.61. The number of benzene rings is 3. The maximum absolute atomic E-state index is 5.98. The molecule has 3 aromatic rings. The van der Waals surface area contributed by atoms with E-state index < -0.39 is 7.12 Å². The lowest BCUT2D eigenvalue weighted by atomic mass is 9.78. The third-order valence-electron chi connectivity index (χ3n) is 3.18. The fourth-order valence-corrected chi connectivity index (χ4v) is 2.06. The predicted molar refractivity (Wildman–Crippen MR) is 90.4 cm³/mol. The quantitative estimate of drug-likeness (QED) is 0.579. The molecule has 3 nitrogen and oxygen atoms in total. The summed E-state index contributed by atoms with van der Waals surface area (Å²) in [5, 5.41) is 0. The van der Waals surface area contributed by atoms with Crippen LogP contribution in [0.3, 0.4) is 0 Å². The highest BCUT2D eigenvalue weighted by atomic mass is 16.6. The van der Waals surface area contributed by atoms with Gasteiger partial charge < -0.3 is 15.0 Å². The first kappa shape index (κ1) is 14.1. The molecule has 4 heteroatoms. The van der Waals surface area contributed by atoms with E-state index in [2.05, 4.69) is 0 Å². The van der Waals surface area contributed by atoms with Crippen molar-refractivity contribution >= 4 is 18.3 Å². The van der Waals surface area contributed by atoms with Crippen LogP contribution in [0.25, 0.3) is 0 Å². The minimum absolute atomic E-state index is 0.521. The summed E-state index contributed by atoms with van der Waals surface area (Å²) in [7, 11) is -0.521. The first-order valence-electron chi connectivity index (χ1n) is 7.10. The Morgan fingerprint density at radius 3 is 1.68 bits per heavy atom. The van der Waals surface area contributed by atoms with Gasteiger partial charge in [0.2, 0.25) is 0 Å². The van der Waals surface area contributed by atoms with Crippen LogP contribution in [0.2, 0.25) is 0 Å². The zero-order valence-corrected chi connectivity index (χ0v) is 12.1. The number of nitrogens with two attached hydrogens (primary N) is 1. The molecule has 3 aromatic carbocycles. The van der Waals surface area contributed by atoms with Crippen LogP contribution in [0, 0.1) is 0 Å². The molecule has 0 amide bonds. The number of nitrogen functional groups attached to an aromatic ring is 1. The Morgan fingerprint density at radius 2 is 1.09 bits per heavy atom. The van der Waals surface area contributed by atoms with E-state index in [9.17, 15) is 0 Å². The van der Waals surface area contributed by atoms with Gasteiger partial charge >= 0.3 is 7.12 Å². The molecule has 0 aromatic heterocycles. The SMILES string of the molecule is Nc1ccc(OB(Oc2ccccc2)c2ccccc2)cc1. The van der Waals surface area contributed by atoms with Gasteiger partial charge in [0.1, 0.15) is 11.5 Å². The molecule has 0 aliphatic rings. The van der Waals surface area contributed by atoms with Crippen molar-refractivity contribution < 1.29 is 9.31 Å². The highest BCUT2D eigenvalue weighted by molar-refractivity contribution is 6.62. The summed E-state index contributed by atoms with van der Waals surface area (Å²) in [6.07, 6.45) is 0. The zero-order chi connectivity index (χ0) is 15.2. The van der Waals surface area contributed by atoms with E-state index in [1.54, 1.807) is 12.1 Å². The van der Waals surface area contributed by atoms with Crippen LogP contribution >= 0.6 is 0 Å². The lowest BCUT2D eigenvalue weighted by Gasteiger charge is -2.17. The Hall–Kier alpha value is -2.88. The van der Waals surface area contributed by atoms with E-state index in [1.807, 2.05) is 72.8 Å². The monoisotopic (exact) mass is 289 g/mol. The van der Waals surface area contributed by atoms with Crippen LogP contribution in [0.1, 0.15) is 0 Å². The summed E-state index contributed by atoms with van der Waals surface area (Å²) in [5.74, 6) is 1.46. The van der Waals surface area contributed by atoms with Gasteiger partial charge in [-0.2, -0.15) is 0 Å². The summed E-state index contributed by atoms with van der Waals surface area (Å²) in [6.45, 7) is 0. The molecular formula is C18H16BNO2. The fourth-order valence-electron chi connectivity index (χ4n) is 2.06. The summed E-state index contributed by atoms with van der Waals surface area (Å²) in [4.78, 5) is 0. The highest BCUT2D eigenvalue weighted by Gasteiger charge is 2.26. The standard InChI is InChI=1S/C18H16BNO2/c20-16-11-13-18(14-12-16)22-19(15-7-3-1-4-8-15)21-17-9-5-2-6-10-17/h1-14H,20H2. The van der Waals surface area contributed by atoms with Gasteiger partial charge in [0.05, 0.1) is 0 Å². The van der Waals surface area contributed by atoms with Crippen LogP contribution in [0.5, 0.6) is 11.5 Å². The molecule has 0 atom stereocenters. The molecule has 3 rings (SSSR count). The number of rotatable bonds is 5. The van der Waals surface area contributed by atoms with Gasteiger partial charge in [0.25, 0.3) is 0 Å². The topological polar surface area (TPSA) is 44.5 Å². The number of anilines is 1. The first-order chi connectivity index (χ1) is 10.8. The van der Waals surface area contributed by atoms with Crippen LogP contribution in [-0.2, 0) is 0 Å². The van der Waals surface area contributed by atoms with Crippen molar-refractivity contribution in [2.75, 3.05) is 5.73 Å². The second kappa shape index (κ2) is 6.72. The molecule has 0 aliphatic carbocycles. The maximum atomic E-state index is 5.98. The number of hydrogen-bond acceptors (Lipinski definition) is 3. The van der Waals surface area contributed by atoms with Crippen LogP contribution in [0.4, 0.5) is 5.69 Å². The maximum Gasteiger partial charge on any atom is 0.632 e. The molecule has 2 N–H and O–H groups in total. The van der Waals surface area contributed by atoms with Gasteiger partial charge in [0, 0.05) is 11.2 Å². The van der Waals surface area contributed by atoms with Crippen molar-refractivity contribution in [2.45, 2.75) is 0 Å². The van der Waals surface area contributed by atoms with Gasteiger partial charge in [-0.15, -0.1) is 0 Å². The van der Waals surface area contributed by atoms with Gasteiger partial charge in [-0.05, 0) is 36.4 Å². The fraction of sp³-hybridized carbons (Fsp3) is 0. The molecule has 0 radical (unpaired) electrons.